The molecule has 0 atom stereocenters. The zero-order chi connectivity index (χ0) is 19.8. The summed E-state index contributed by atoms with van der Waals surface area (Å²) in [7, 11) is 1.48. The van der Waals surface area contributed by atoms with Crippen LogP contribution >= 0.6 is 0 Å². The van der Waals surface area contributed by atoms with Gasteiger partial charge >= 0.3 is 0 Å². The van der Waals surface area contributed by atoms with Crippen LogP contribution in [-0.4, -0.2) is 34.4 Å². The van der Waals surface area contributed by atoms with Crippen molar-refractivity contribution in [3.63, 3.8) is 0 Å². The van der Waals surface area contributed by atoms with Gasteiger partial charge in [0.1, 0.15) is 12.7 Å². The van der Waals surface area contributed by atoms with Crippen LogP contribution in [0.4, 0.5) is 0 Å². The van der Waals surface area contributed by atoms with Crippen molar-refractivity contribution in [2.45, 2.75) is 13.1 Å². The maximum Gasteiger partial charge on any atom is 0.258 e. The Labute approximate surface area is 162 Å². The molecule has 1 N–H and O–H groups in total. The fourth-order valence-electron chi connectivity index (χ4n) is 2.52. The van der Waals surface area contributed by atoms with Crippen LogP contribution < -0.4 is 14.8 Å². The van der Waals surface area contributed by atoms with Gasteiger partial charge < -0.3 is 14.8 Å². The second kappa shape index (κ2) is 9.19. The number of carbonyl (C=O) groups is 1. The second-order valence-corrected chi connectivity index (χ2v) is 5.95. The Morgan fingerprint density at radius 1 is 1.18 bits per heavy atom. The number of nitrogens with one attached hydrogen (secondary N) is 1. The Kier molecular flexibility index (Phi) is 6.21. The highest BCUT2D eigenvalue weighted by Crippen LogP contribution is 2.27. The van der Waals surface area contributed by atoms with E-state index in [4.69, 9.17) is 14.7 Å². The summed E-state index contributed by atoms with van der Waals surface area (Å²) >= 11 is 0. The van der Waals surface area contributed by atoms with Gasteiger partial charge in [0.05, 0.1) is 25.3 Å². The quantitative estimate of drug-likeness (QED) is 0.643. The van der Waals surface area contributed by atoms with E-state index in [0.29, 0.717) is 30.2 Å². The second-order valence-electron chi connectivity index (χ2n) is 5.95. The van der Waals surface area contributed by atoms with Gasteiger partial charge in [0.25, 0.3) is 5.91 Å². The third kappa shape index (κ3) is 5.08. The SMILES string of the molecule is COc1cc(C#N)ccc1OCC(=O)NCc1ccc(Cn2cncn2)cc1. The lowest BCUT2D eigenvalue weighted by Crippen LogP contribution is -2.28. The Hall–Kier alpha value is -3.86. The monoisotopic (exact) mass is 377 g/mol. The van der Waals surface area contributed by atoms with Crippen molar-refractivity contribution in [3.8, 4) is 17.6 Å². The zero-order valence-electron chi connectivity index (χ0n) is 15.3. The minimum Gasteiger partial charge on any atom is -0.493 e. The summed E-state index contributed by atoms with van der Waals surface area (Å²) < 4.78 is 12.4. The van der Waals surface area contributed by atoms with Crippen molar-refractivity contribution in [3.05, 3.63) is 71.8 Å². The molecule has 3 aromatic rings. The molecule has 2 aromatic carbocycles. The third-order valence-corrected chi connectivity index (χ3v) is 3.98. The summed E-state index contributed by atoms with van der Waals surface area (Å²) in [6, 6.07) is 14.7. The first-order valence-electron chi connectivity index (χ1n) is 8.56. The molecular formula is C20H19N5O3. The maximum atomic E-state index is 12.0. The van der Waals surface area contributed by atoms with Gasteiger partial charge in [-0.1, -0.05) is 24.3 Å². The Morgan fingerprint density at radius 3 is 2.64 bits per heavy atom. The number of methoxy groups -OCH3 is 1. The topological polar surface area (TPSA) is 102 Å². The first kappa shape index (κ1) is 18.9. The van der Waals surface area contributed by atoms with Crippen LogP contribution in [0.25, 0.3) is 0 Å². The highest BCUT2D eigenvalue weighted by Gasteiger charge is 2.09. The molecule has 0 aliphatic carbocycles. The number of hydrogen-bond donors (Lipinski definition) is 1. The molecule has 0 spiro atoms. The summed E-state index contributed by atoms with van der Waals surface area (Å²) in [4.78, 5) is 16.0. The molecule has 1 aromatic heterocycles. The first-order chi connectivity index (χ1) is 13.7. The van der Waals surface area contributed by atoms with E-state index in [9.17, 15) is 4.79 Å². The molecule has 0 saturated carbocycles. The molecule has 0 radical (unpaired) electrons. The number of hydrogen-bond acceptors (Lipinski definition) is 6. The number of nitrogens with zero attached hydrogens (tertiary/aromatic N) is 4. The minimum absolute atomic E-state index is 0.146. The normalized spacial score (nSPS) is 10.1. The molecule has 1 amide bonds. The zero-order valence-corrected chi connectivity index (χ0v) is 15.3. The molecule has 0 unspecified atom stereocenters. The van der Waals surface area contributed by atoms with Crippen LogP contribution in [0, 0.1) is 11.3 Å². The fourth-order valence-corrected chi connectivity index (χ4v) is 2.52. The van der Waals surface area contributed by atoms with E-state index >= 15 is 0 Å². The number of carbonyl (C=O) groups excluding carboxylic acids is 1. The van der Waals surface area contributed by atoms with E-state index in [2.05, 4.69) is 15.4 Å². The predicted octanol–water partition coefficient (Wildman–Crippen LogP) is 1.90. The molecule has 1 heterocycles. The lowest BCUT2D eigenvalue weighted by atomic mass is 10.1. The van der Waals surface area contributed by atoms with Crippen molar-refractivity contribution in [1.82, 2.24) is 20.1 Å². The van der Waals surface area contributed by atoms with Gasteiger partial charge in [-0.2, -0.15) is 10.4 Å². The number of rotatable bonds is 8. The average Bonchev–Trinajstić information content (AvgIpc) is 3.24. The molecule has 0 saturated heterocycles. The largest absolute Gasteiger partial charge is 0.493 e. The van der Waals surface area contributed by atoms with Crippen LogP contribution in [0.5, 0.6) is 11.5 Å². The van der Waals surface area contributed by atoms with E-state index in [1.807, 2.05) is 30.3 Å². The highest BCUT2D eigenvalue weighted by molar-refractivity contribution is 5.77. The molecule has 0 aliphatic rings. The fraction of sp³-hybridized carbons (Fsp3) is 0.200. The van der Waals surface area contributed by atoms with Crippen molar-refractivity contribution in [1.29, 1.82) is 5.26 Å². The van der Waals surface area contributed by atoms with Crippen molar-refractivity contribution in [2.24, 2.45) is 0 Å². The molecule has 8 heteroatoms. The number of benzene rings is 2. The lowest BCUT2D eigenvalue weighted by molar-refractivity contribution is -0.123. The van der Waals surface area contributed by atoms with Gasteiger partial charge in [-0.05, 0) is 23.3 Å². The summed E-state index contributed by atoms with van der Waals surface area (Å²) in [5.41, 5.74) is 2.53. The third-order valence-electron chi connectivity index (χ3n) is 3.98. The predicted molar refractivity (Wildman–Crippen MR) is 101 cm³/mol. The van der Waals surface area contributed by atoms with Crippen molar-refractivity contribution >= 4 is 5.91 Å². The van der Waals surface area contributed by atoms with Gasteiger partial charge in [-0.3, -0.25) is 4.79 Å². The van der Waals surface area contributed by atoms with Gasteiger partial charge in [0.15, 0.2) is 18.1 Å². The summed E-state index contributed by atoms with van der Waals surface area (Å²) in [5.74, 6) is 0.571. The molecule has 0 aliphatic heterocycles. The number of ether oxygens (including phenoxy) is 2. The number of nitriles is 1. The number of aromatic nitrogens is 3. The van der Waals surface area contributed by atoms with E-state index in [0.717, 1.165) is 11.1 Å². The van der Waals surface area contributed by atoms with Crippen LogP contribution in [0.2, 0.25) is 0 Å². The summed E-state index contributed by atoms with van der Waals surface area (Å²) in [6.07, 6.45) is 3.16. The molecule has 3 rings (SSSR count). The molecule has 8 nitrogen and oxygen atoms in total. The van der Waals surface area contributed by atoms with E-state index in [1.54, 1.807) is 29.2 Å². The minimum atomic E-state index is -0.252. The Morgan fingerprint density at radius 2 is 1.96 bits per heavy atom. The highest BCUT2D eigenvalue weighted by atomic mass is 16.5. The smallest absolute Gasteiger partial charge is 0.258 e. The number of amides is 1. The molecule has 142 valence electrons. The average molecular weight is 377 g/mol. The van der Waals surface area contributed by atoms with Gasteiger partial charge in [-0.25, -0.2) is 9.67 Å². The Balaban J connectivity index is 1.47. The standard InChI is InChI=1S/C20H19N5O3/c1-27-19-8-17(9-21)6-7-18(19)28-12-20(26)23-10-15-2-4-16(5-3-15)11-25-14-22-13-24-25/h2-8,13-14H,10-12H2,1H3,(H,23,26). The van der Waals surface area contributed by atoms with E-state index in [1.165, 1.54) is 13.4 Å². The molecule has 28 heavy (non-hydrogen) atoms. The van der Waals surface area contributed by atoms with E-state index in [-0.39, 0.29) is 12.5 Å². The lowest BCUT2D eigenvalue weighted by Gasteiger charge is -2.11. The van der Waals surface area contributed by atoms with Gasteiger partial charge in [0, 0.05) is 12.6 Å². The van der Waals surface area contributed by atoms with Crippen LogP contribution in [0.1, 0.15) is 16.7 Å². The first-order valence-corrected chi connectivity index (χ1v) is 8.56. The van der Waals surface area contributed by atoms with Gasteiger partial charge in [-0.15, -0.1) is 0 Å². The molecule has 0 fully saturated rings. The van der Waals surface area contributed by atoms with Gasteiger partial charge in [0.2, 0.25) is 0 Å². The molecule has 0 bridgehead atoms. The molecular weight excluding hydrogens is 358 g/mol. The van der Waals surface area contributed by atoms with Crippen LogP contribution in [0.3, 0.4) is 0 Å². The van der Waals surface area contributed by atoms with Crippen molar-refractivity contribution in [2.75, 3.05) is 13.7 Å². The van der Waals surface area contributed by atoms with Crippen LogP contribution in [0.15, 0.2) is 55.1 Å². The summed E-state index contributed by atoms with van der Waals surface area (Å²) in [5, 5.41) is 15.8. The Bertz CT molecular complexity index is 963. The van der Waals surface area contributed by atoms with E-state index < -0.39 is 0 Å². The van der Waals surface area contributed by atoms with Crippen molar-refractivity contribution < 1.29 is 14.3 Å². The maximum absolute atomic E-state index is 12.0. The summed E-state index contributed by atoms with van der Waals surface area (Å²) in [6.45, 7) is 0.899. The van der Waals surface area contributed by atoms with Crippen LogP contribution in [-0.2, 0) is 17.9 Å².